The fraction of sp³-hybridized carbons (Fsp3) is 0.444. The summed E-state index contributed by atoms with van der Waals surface area (Å²) < 4.78 is 5.64. The van der Waals surface area contributed by atoms with E-state index >= 15 is 0 Å². The van der Waals surface area contributed by atoms with Gasteiger partial charge in [-0.15, -0.1) is 0 Å². The summed E-state index contributed by atoms with van der Waals surface area (Å²) in [4.78, 5) is 19.0. The number of nitrogens with zero attached hydrogens (tertiary/aromatic N) is 1. The zero-order valence-corrected chi connectivity index (χ0v) is 15.3. The SMILES string of the molecule is CCCCOc1ccc(Nc2nc(CSC(C)C)cc(=O)[nH]2)cc1. The van der Waals surface area contributed by atoms with Crippen molar-refractivity contribution in [3.05, 3.63) is 46.4 Å². The maximum Gasteiger partial charge on any atom is 0.252 e. The third-order valence-electron chi connectivity index (χ3n) is 3.24. The van der Waals surface area contributed by atoms with Crippen LogP contribution in [0.15, 0.2) is 35.1 Å². The second-order valence-electron chi connectivity index (χ2n) is 5.80. The van der Waals surface area contributed by atoms with Gasteiger partial charge in [-0.3, -0.25) is 9.78 Å². The van der Waals surface area contributed by atoms with E-state index in [0.29, 0.717) is 11.2 Å². The van der Waals surface area contributed by atoms with Gasteiger partial charge >= 0.3 is 0 Å². The average molecular weight is 347 g/mol. The number of aromatic nitrogens is 2. The molecule has 0 aliphatic heterocycles. The number of benzene rings is 1. The first-order chi connectivity index (χ1) is 11.6. The van der Waals surface area contributed by atoms with Gasteiger partial charge in [-0.25, -0.2) is 4.98 Å². The first-order valence-corrected chi connectivity index (χ1v) is 9.33. The molecule has 24 heavy (non-hydrogen) atoms. The summed E-state index contributed by atoms with van der Waals surface area (Å²) in [5.74, 6) is 2.03. The molecule has 0 unspecified atom stereocenters. The molecule has 0 fully saturated rings. The minimum absolute atomic E-state index is 0.147. The van der Waals surface area contributed by atoms with Crippen molar-refractivity contribution in [2.45, 2.75) is 44.6 Å². The number of H-pyrrole nitrogens is 1. The number of unbranched alkanes of at least 4 members (excludes halogenated alkanes) is 1. The number of hydrogen-bond donors (Lipinski definition) is 2. The molecule has 0 radical (unpaired) electrons. The van der Waals surface area contributed by atoms with Gasteiger partial charge in [-0.05, 0) is 35.9 Å². The van der Waals surface area contributed by atoms with Crippen LogP contribution in [0.2, 0.25) is 0 Å². The van der Waals surface area contributed by atoms with Crippen LogP contribution >= 0.6 is 11.8 Å². The van der Waals surface area contributed by atoms with Crippen LogP contribution in [0.4, 0.5) is 11.6 Å². The maximum absolute atomic E-state index is 11.8. The van der Waals surface area contributed by atoms with Crippen molar-refractivity contribution >= 4 is 23.4 Å². The highest BCUT2D eigenvalue weighted by Gasteiger charge is 2.04. The third kappa shape index (κ3) is 6.28. The van der Waals surface area contributed by atoms with E-state index in [-0.39, 0.29) is 5.56 Å². The van der Waals surface area contributed by atoms with Gasteiger partial charge in [-0.2, -0.15) is 11.8 Å². The molecule has 2 N–H and O–H groups in total. The van der Waals surface area contributed by atoms with E-state index in [1.165, 1.54) is 0 Å². The molecule has 0 bridgehead atoms. The van der Waals surface area contributed by atoms with Gasteiger partial charge in [0.05, 0.1) is 12.3 Å². The lowest BCUT2D eigenvalue weighted by atomic mass is 10.3. The first kappa shape index (κ1) is 18.4. The van der Waals surface area contributed by atoms with Crippen LogP contribution < -0.4 is 15.6 Å². The van der Waals surface area contributed by atoms with Crippen molar-refractivity contribution in [3.63, 3.8) is 0 Å². The Hall–Kier alpha value is -1.95. The van der Waals surface area contributed by atoms with Crippen LogP contribution in [-0.2, 0) is 5.75 Å². The largest absolute Gasteiger partial charge is 0.494 e. The molecule has 2 aromatic rings. The topological polar surface area (TPSA) is 67.0 Å². The van der Waals surface area contributed by atoms with Crippen molar-refractivity contribution in [1.29, 1.82) is 0 Å². The van der Waals surface area contributed by atoms with Gasteiger partial charge in [0.15, 0.2) is 0 Å². The summed E-state index contributed by atoms with van der Waals surface area (Å²) in [5, 5.41) is 3.64. The van der Waals surface area contributed by atoms with Crippen LogP contribution in [0.5, 0.6) is 5.75 Å². The number of rotatable bonds is 9. The minimum Gasteiger partial charge on any atom is -0.494 e. The summed E-state index contributed by atoms with van der Waals surface area (Å²) in [6, 6.07) is 9.20. The number of nitrogens with one attached hydrogen (secondary N) is 2. The third-order valence-corrected chi connectivity index (χ3v) is 4.37. The molecule has 5 nitrogen and oxygen atoms in total. The fourth-order valence-corrected chi connectivity index (χ4v) is 2.65. The normalized spacial score (nSPS) is 10.8. The van der Waals surface area contributed by atoms with E-state index in [1.807, 2.05) is 24.3 Å². The van der Waals surface area contributed by atoms with E-state index in [1.54, 1.807) is 17.8 Å². The molecule has 1 aromatic heterocycles. The number of hydrogen-bond acceptors (Lipinski definition) is 5. The smallest absolute Gasteiger partial charge is 0.252 e. The molecule has 2 rings (SSSR count). The Morgan fingerprint density at radius 1 is 1.29 bits per heavy atom. The van der Waals surface area contributed by atoms with E-state index in [0.717, 1.165) is 42.3 Å². The molecule has 0 spiro atoms. The number of anilines is 2. The summed E-state index contributed by atoms with van der Waals surface area (Å²) in [6.07, 6.45) is 2.16. The molecule has 0 atom stereocenters. The monoisotopic (exact) mass is 347 g/mol. The predicted octanol–water partition coefficient (Wildman–Crippen LogP) is 4.33. The predicted molar refractivity (Wildman–Crippen MR) is 101 cm³/mol. The highest BCUT2D eigenvalue weighted by molar-refractivity contribution is 7.99. The Morgan fingerprint density at radius 2 is 2.04 bits per heavy atom. The number of ether oxygens (including phenoxy) is 1. The fourth-order valence-electron chi connectivity index (χ4n) is 2.00. The van der Waals surface area contributed by atoms with Gasteiger partial charge in [0, 0.05) is 17.5 Å². The summed E-state index contributed by atoms with van der Waals surface area (Å²) in [7, 11) is 0. The second-order valence-corrected chi connectivity index (χ2v) is 7.36. The summed E-state index contributed by atoms with van der Waals surface area (Å²) in [6.45, 7) is 7.12. The molecule has 0 aliphatic carbocycles. The molecule has 130 valence electrons. The van der Waals surface area contributed by atoms with Gasteiger partial charge < -0.3 is 10.1 Å². The molecule has 0 aliphatic rings. The highest BCUT2D eigenvalue weighted by atomic mass is 32.2. The van der Waals surface area contributed by atoms with Gasteiger partial charge in [0.2, 0.25) is 5.95 Å². The van der Waals surface area contributed by atoms with Crippen molar-refractivity contribution < 1.29 is 4.74 Å². The number of aromatic amines is 1. The Labute approximate surface area is 147 Å². The molecule has 6 heteroatoms. The van der Waals surface area contributed by atoms with Gasteiger partial charge in [0.25, 0.3) is 5.56 Å². The summed E-state index contributed by atoms with van der Waals surface area (Å²) in [5.41, 5.74) is 1.49. The second kappa shape index (κ2) is 9.37. The minimum atomic E-state index is -0.147. The molecule has 0 amide bonds. The summed E-state index contributed by atoms with van der Waals surface area (Å²) >= 11 is 1.76. The first-order valence-electron chi connectivity index (χ1n) is 8.28. The lowest BCUT2D eigenvalue weighted by molar-refractivity contribution is 0.309. The number of thioether (sulfide) groups is 1. The van der Waals surface area contributed by atoms with Gasteiger partial charge in [0.1, 0.15) is 5.75 Å². The standard InChI is InChI=1S/C18H25N3O2S/c1-4-5-10-23-16-8-6-14(7-9-16)19-18-20-15(11-17(22)21-18)12-24-13(2)3/h6-9,11,13H,4-5,10,12H2,1-3H3,(H2,19,20,21,22). The zero-order chi connectivity index (χ0) is 17.4. The van der Waals surface area contributed by atoms with Gasteiger partial charge in [-0.1, -0.05) is 27.2 Å². The Kier molecular flexibility index (Phi) is 7.18. The van der Waals surface area contributed by atoms with Crippen LogP contribution in [0.3, 0.4) is 0 Å². The Balaban J connectivity index is 2.00. The highest BCUT2D eigenvalue weighted by Crippen LogP contribution is 2.19. The lowest BCUT2D eigenvalue weighted by Gasteiger charge is -2.09. The van der Waals surface area contributed by atoms with Crippen molar-refractivity contribution in [2.24, 2.45) is 0 Å². The Morgan fingerprint density at radius 3 is 2.71 bits per heavy atom. The Bertz CT molecular complexity index is 683. The van der Waals surface area contributed by atoms with Crippen molar-refractivity contribution in [3.8, 4) is 5.75 Å². The zero-order valence-electron chi connectivity index (χ0n) is 14.5. The van der Waals surface area contributed by atoms with Crippen LogP contribution in [0, 0.1) is 0 Å². The average Bonchev–Trinajstić information content (AvgIpc) is 2.54. The van der Waals surface area contributed by atoms with E-state index in [4.69, 9.17) is 4.74 Å². The molecular formula is C18H25N3O2S. The molecule has 1 aromatic carbocycles. The van der Waals surface area contributed by atoms with Crippen LogP contribution in [-0.4, -0.2) is 21.8 Å². The lowest BCUT2D eigenvalue weighted by Crippen LogP contribution is -2.12. The van der Waals surface area contributed by atoms with E-state index < -0.39 is 0 Å². The molecular weight excluding hydrogens is 322 g/mol. The van der Waals surface area contributed by atoms with E-state index in [2.05, 4.69) is 36.1 Å². The molecule has 0 saturated carbocycles. The quantitative estimate of drug-likeness (QED) is 0.661. The van der Waals surface area contributed by atoms with E-state index in [9.17, 15) is 4.79 Å². The van der Waals surface area contributed by atoms with Crippen LogP contribution in [0.1, 0.15) is 39.3 Å². The van der Waals surface area contributed by atoms with Crippen molar-refractivity contribution in [1.82, 2.24) is 9.97 Å². The molecule has 1 heterocycles. The van der Waals surface area contributed by atoms with Crippen molar-refractivity contribution in [2.75, 3.05) is 11.9 Å². The molecule has 0 saturated heterocycles. The maximum atomic E-state index is 11.8. The van der Waals surface area contributed by atoms with Crippen LogP contribution in [0.25, 0.3) is 0 Å².